The van der Waals surface area contributed by atoms with E-state index in [2.05, 4.69) is 10.2 Å². The van der Waals surface area contributed by atoms with E-state index in [9.17, 15) is 4.79 Å². The molecule has 2 aromatic rings. The van der Waals surface area contributed by atoms with Crippen LogP contribution in [0.5, 0.6) is 11.5 Å². The van der Waals surface area contributed by atoms with Crippen LogP contribution in [0, 0.1) is 0 Å². The average molecular weight is 274 g/mol. The van der Waals surface area contributed by atoms with Crippen molar-refractivity contribution in [2.24, 2.45) is 0 Å². The van der Waals surface area contributed by atoms with Crippen LogP contribution in [0.1, 0.15) is 25.7 Å². The summed E-state index contributed by atoms with van der Waals surface area (Å²) in [7, 11) is 1.63. The van der Waals surface area contributed by atoms with Gasteiger partial charge in [-0.2, -0.15) is 0 Å². The van der Waals surface area contributed by atoms with Crippen LogP contribution < -0.4 is 15.0 Å². The van der Waals surface area contributed by atoms with E-state index in [1.807, 2.05) is 18.2 Å². The van der Waals surface area contributed by atoms with Crippen LogP contribution in [0.3, 0.4) is 0 Å². The number of H-pyrrole nitrogens is 2. The van der Waals surface area contributed by atoms with Gasteiger partial charge in [-0.05, 0) is 43.9 Å². The topological polar surface area (TPSA) is 67.1 Å². The second-order valence-electron chi connectivity index (χ2n) is 5.06. The van der Waals surface area contributed by atoms with Crippen LogP contribution >= 0.6 is 0 Å². The van der Waals surface area contributed by atoms with E-state index in [4.69, 9.17) is 9.47 Å². The average Bonchev–Trinajstić information content (AvgIpc) is 3.10. The summed E-state index contributed by atoms with van der Waals surface area (Å²) in [5.74, 6) is 1.46. The summed E-state index contributed by atoms with van der Waals surface area (Å²) in [6.07, 6.45) is 4.89. The Hall–Kier alpha value is -2.17. The van der Waals surface area contributed by atoms with Gasteiger partial charge in [0.1, 0.15) is 0 Å². The number of nitrogens with one attached hydrogen (secondary N) is 2. The number of hydrogen-bond donors (Lipinski definition) is 2. The largest absolute Gasteiger partial charge is 0.493 e. The van der Waals surface area contributed by atoms with Crippen LogP contribution in [-0.2, 0) is 0 Å². The van der Waals surface area contributed by atoms with Gasteiger partial charge in [0, 0.05) is 11.6 Å². The number of methoxy groups -OCH3 is 1. The number of rotatable bonds is 4. The second kappa shape index (κ2) is 5.45. The van der Waals surface area contributed by atoms with Gasteiger partial charge < -0.3 is 9.47 Å². The molecule has 1 aromatic carbocycles. The highest BCUT2D eigenvalue weighted by molar-refractivity contribution is 5.63. The van der Waals surface area contributed by atoms with Crippen molar-refractivity contribution in [2.45, 2.75) is 31.8 Å². The Kier molecular flexibility index (Phi) is 3.50. The molecule has 0 radical (unpaired) electrons. The first-order valence-electron chi connectivity index (χ1n) is 6.89. The predicted octanol–water partition coefficient (Wildman–Crippen LogP) is 2.70. The van der Waals surface area contributed by atoms with Gasteiger partial charge in [0.25, 0.3) is 5.56 Å². The third kappa shape index (κ3) is 2.57. The molecule has 5 heteroatoms. The lowest BCUT2D eigenvalue weighted by Gasteiger charge is -2.16. The monoisotopic (exact) mass is 274 g/mol. The van der Waals surface area contributed by atoms with E-state index in [0.717, 1.165) is 35.6 Å². The predicted molar refractivity (Wildman–Crippen MR) is 76.3 cm³/mol. The molecule has 1 aliphatic rings. The molecule has 0 unspecified atom stereocenters. The zero-order chi connectivity index (χ0) is 13.9. The SMILES string of the molecule is COc1ccc(-c2cc(=O)[nH][nH]2)cc1OC1CCCC1. The normalized spacial score (nSPS) is 15.4. The Morgan fingerprint density at radius 2 is 1.90 bits per heavy atom. The Balaban J connectivity index is 1.91. The van der Waals surface area contributed by atoms with Crippen LogP contribution in [0.25, 0.3) is 11.3 Å². The zero-order valence-corrected chi connectivity index (χ0v) is 11.4. The van der Waals surface area contributed by atoms with Gasteiger partial charge in [0.05, 0.1) is 18.9 Å². The fourth-order valence-corrected chi connectivity index (χ4v) is 2.61. The summed E-state index contributed by atoms with van der Waals surface area (Å²) in [4.78, 5) is 11.2. The van der Waals surface area contributed by atoms with E-state index >= 15 is 0 Å². The van der Waals surface area contributed by atoms with Gasteiger partial charge in [-0.25, -0.2) is 0 Å². The maximum Gasteiger partial charge on any atom is 0.264 e. The lowest BCUT2D eigenvalue weighted by Crippen LogP contribution is -2.11. The van der Waals surface area contributed by atoms with Crippen molar-refractivity contribution in [3.05, 3.63) is 34.6 Å². The zero-order valence-electron chi connectivity index (χ0n) is 11.4. The highest BCUT2D eigenvalue weighted by atomic mass is 16.5. The van der Waals surface area contributed by atoms with Gasteiger partial charge in [-0.3, -0.25) is 15.0 Å². The smallest absolute Gasteiger partial charge is 0.264 e. The van der Waals surface area contributed by atoms with Crippen LogP contribution in [0.15, 0.2) is 29.1 Å². The molecular formula is C15H18N2O3. The van der Waals surface area contributed by atoms with Crippen molar-refractivity contribution < 1.29 is 9.47 Å². The summed E-state index contributed by atoms with van der Waals surface area (Å²) in [6.45, 7) is 0. The van der Waals surface area contributed by atoms with Crippen molar-refractivity contribution in [1.29, 1.82) is 0 Å². The minimum Gasteiger partial charge on any atom is -0.493 e. The molecule has 0 atom stereocenters. The van der Waals surface area contributed by atoms with Gasteiger partial charge in [-0.1, -0.05) is 0 Å². The Labute approximate surface area is 116 Å². The van der Waals surface area contributed by atoms with E-state index < -0.39 is 0 Å². The minimum absolute atomic E-state index is 0.144. The third-order valence-corrected chi connectivity index (χ3v) is 3.67. The van der Waals surface area contributed by atoms with Crippen LogP contribution in [0.2, 0.25) is 0 Å². The Bertz CT molecular complexity index is 639. The van der Waals surface area contributed by atoms with Gasteiger partial charge >= 0.3 is 0 Å². The molecule has 1 aromatic heterocycles. The fraction of sp³-hybridized carbons (Fsp3) is 0.400. The summed E-state index contributed by atoms with van der Waals surface area (Å²) in [5, 5.41) is 5.38. The highest BCUT2D eigenvalue weighted by Crippen LogP contribution is 2.34. The molecule has 1 heterocycles. The van der Waals surface area contributed by atoms with Crippen molar-refractivity contribution >= 4 is 0 Å². The quantitative estimate of drug-likeness (QED) is 0.900. The van der Waals surface area contributed by atoms with Crippen molar-refractivity contribution in [1.82, 2.24) is 10.2 Å². The molecule has 2 N–H and O–H groups in total. The molecule has 0 bridgehead atoms. The second-order valence-corrected chi connectivity index (χ2v) is 5.06. The molecule has 1 saturated carbocycles. The van der Waals surface area contributed by atoms with Crippen molar-refractivity contribution in [3.63, 3.8) is 0 Å². The maximum absolute atomic E-state index is 11.2. The highest BCUT2D eigenvalue weighted by Gasteiger charge is 2.19. The molecule has 0 aliphatic heterocycles. The molecule has 106 valence electrons. The standard InChI is InChI=1S/C15H18N2O3/c1-19-13-7-6-10(12-9-15(18)17-16-12)8-14(13)20-11-4-2-3-5-11/h6-9,11H,2-5H2,1H3,(H2,16,17,18). The minimum atomic E-state index is -0.144. The molecular weight excluding hydrogens is 256 g/mol. The number of aromatic amines is 2. The number of aromatic nitrogens is 2. The summed E-state index contributed by atoms with van der Waals surface area (Å²) in [5.41, 5.74) is 1.50. The lowest BCUT2D eigenvalue weighted by atomic mass is 10.1. The molecule has 0 amide bonds. The summed E-state index contributed by atoms with van der Waals surface area (Å²) >= 11 is 0. The molecule has 3 rings (SSSR count). The summed E-state index contributed by atoms with van der Waals surface area (Å²) < 4.78 is 11.4. The van der Waals surface area contributed by atoms with E-state index in [0.29, 0.717) is 0 Å². The molecule has 1 fully saturated rings. The number of benzene rings is 1. The first-order chi connectivity index (χ1) is 9.76. The van der Waals surface area contributed by atoms with Crippen molar-refractivity contribution in [2.75, 3.05) is 7.11 Å². The third-order valence-electron chi connectivity index (χ3n) is 3.67. The molecule has 0 spiro atoms. The molecule has 0 saturated heterocycles. The van der Waals surface area contributed by atoms with Gasteiger partial charge in [0.2, 0.25) is 0 Å². The number of hydrogen-bond acceptors (Lipinski definition) is 3. The first kappa shape index (κ1) is 12.8. The van der Waals surface area contributed by atoms with Gasteiger partial charge in [0.15, 0.2) is 11.5 Å². The van der Waals surface area contributed by atoms with Crippen molar-refractivity contribution in [3.8, 4) is 22.8 Å². The van der Waals surface area contributed by atoms with Crippen LogP contribution in [-0.4, -0.2) is 23.4 Å². The summed E-state index contributed by atoms with van der Waals surface area (Å²) in [6, 6.07) is 7.21. The van der Waals surface area contributed by atoms with E-state index in [1.165, 1.54) is 18.9 Å². The fourth-order valence-electron chi connectivity index (χ4n) is 2.61. The lowest BCUT2D eigenvalue weighted by molar-refractivity contribution is 0.201. The van der Waals surface area contributed by atoms with Gasteiger partial charge in [-0.15, -0.1) is 0 Å². The first-order valence-corrected chi connectivity index (χ1v) is 6.89. The number of ether oxygens (including phenoxy) is 2. The van der Waals surface area contributed by atoms with E-state index in [1.54, 1.807) is 7.11 Å². The van der Waals surface area contributed by atoms with Crippen LogP contribution in [0.4, 0.5) is 0 Å². The Morgan fingerprint density at radius 3 is 2.55 bits per heavy atom. The molecule has 1 aliphatic carbocycles. The van der Waals surface area contributed by atoms with E-state index in [-0.39, 0.29) is 11.7 Å². The Morgan fingerprint density at radius 1 is 1.10 bits per heavy atom. The molecule has 5 nitrogen and oxygen atoms in total. The molecule has 20 heavy (non-hydrogen) atoms. The maximum atomic E-state index is 11.2.